The summed E-state index contributed by atoms with van der Waals surface area (Å²) >= 11 is 0. The molecule has 114 valence electrons. The second kappa shape index (κ2) is 6.92. The molecule has 0 aliphatic carbocycles. The SMILES string of the molecule is C[C@@H](NC(N)=O)C(=O)Nc1ccc(N2CCCCC2)nc1. The molecule has 0 spiro atoms. The quantitative estimate of drug-likeness (QED) is 0.772. The number of nitrogens with two attached hydrogens (primary N) is 1. The van der Waals surface area contributed by atoms with Crippen LogP contribution in [0.2, 0.25) is 0 Å². The number of piperidine rings is 1. The Morgan fingerprint density at radius 1 is 1.29 bits per heavy atom. The van der Waals surface area contributed by atoms with Gasteiger partial charge in [0.15, 0.2) is 0 Å². The van der Waals surface area contributed by atoms with E-state index in [0.29, 0.717) is 5.69 Å². The molecule has 2 heterocycles. The van der Waals surface area contributed by atoms with Gasteiger partial charge in [0.1, 0.15) is 11.9 Å². The minimum Gasteiger partial charge on any atom is -0.357 e. The standard InChI is InChI=1S/C14H21N5O2/c1-10(17-14(15)21)13(20)18-11-5-6-12(16-9-11)19-7-3-2-4-8-19/h5-6,9-10H,2-4,7-8H2,1H3,(H,18,20)(H3,15,17,21)/t10-/m1/s1. The summed E-state index contributed by atoms with van der Waals surface area (Å²) in [4.78, 5) is 29.1. The number of aromatic nitrogens is 1. The van der Waals surface area contributed by atoms with Crippen LogP contribution in [0.4, 0.5) is 16.3 Å². The van der Waals surface area contributed by atoms with Gasteiger partial charge in [-0.3, -0.25) is 4.79 Å². The second-order valence-electron chi connectivity index (χ2n) is 5.17. The highest BCUT2D eigenvalue weighted by Crippen LogP contribution is 2.18. The average molecular weight is 291 g/mol. The third kappa shape index (κ3) is 4.34. The molecule has 1 atom stereocenters. The summed E-state index contributed by atoms with van der Waals surface area (Å²) < 4.78 is 0. The molecule has 0 unspecified atom stereocenters. The Balaban J connectivity index is 1.92. The van der Waals surface area contributed by atoms with Gasteiger partial charge in [0.05, 0.1) is 11.9 Å². The number of amides is 3. The Morgan fingerprint density at radius 3 is 2.57 bits per heavy atom. The molecule has 2 rings (SSSR count). The van der Waals surface area contributed by atoms with Crippen molar-refractivity contribution in [1.82, 2.24) is 10.3 Å². The molecule has 0 radical (unpaired) electrons. The van der Waals surface area contributed by atoms with Crippen molar-refractivity contribution >= 4 is 23.4 Å². The molecule has 1 aromatic rings. The minimum absolute atomic E-state index is 0.332. The summed E-state index contributed by atoms with van der Waals surface area (Å²) in [6.45, 7) is 3.62. The van der Waals surface area contributed by atoms with E-state index in [1.807, 2.05) is 12.1 Å². The van der Waals surface area contributed by atoms with Crippen LogP contribution in [0.25, 0.3) is 0 Å². The maximum absolute atomic E-state index is 11.8. The zero-order chi connectivity index (χ0) is 15.2. The Hall–Kier alpha value is -2.31. The lowest BCUT2D eigenvalue weighted by molar-refractivity contribution is -0.117. The number of hydrogen-bond acceptors (Lipinski definition) is 4. The molecule has 1 fully saturated rings. The summed E-state index contributed by atoms with van der Waals surface area (Å²) in [7, 11) is 0. The summed E-state index contributed by atoms with van der Waals surface area (Å²) in [6, 6.07) is 2.29. The van der Waals surface area contributed by atoms with Gasteiger partial charge < -0.3 is 21.3 Å². The Kier molecular flexibility index (Phi) is 4.97. The summed E-state index contributed by atoms with van der Waals surface area (Å²) in [5.41, 5.74) is 5.58. The van der Waals surface area contributed by atoms with Crippen LogP contribution in [-0.4, -0.2) is 36.1 Å². The van der Waals surface area contributed by atoms with Crippen LogP contribution in [0.3, 0.4) is 0 Å². The van der Waals surface area contributed by atoms with Gasteiger partial charge in [0, 0.05) is 13.1 Å². The van der Waals surface area contributed by atoms with E-state index < -0.39 is 12.1 Å². The molecule has 0 aromatic carbocycles. The first-order valence-electron chi connectivity index (χ1n) is 7.14. The predicted molar refractivity (Wildman–Crippen MR) is 81.1 cm³/mol. The van der Waals surface area contributed by atoms with Crippen LogP contribution in [0.1, 0.15) is 26.2 Å². The summed E-state index contributed by atoms with van der Waals surface area (Å²) in [6.07, 6.45) is 5.28. The number of anilines is 2. The molecule has 1 aliphatic rings. The van der Waals surface area contributed by atoms with Gasteiger partial charge in [-0.25, -0.2) is 9.78 Å². The molecule has 1 saturated heterocycles. The number of nitrogens with one attached hydrogen (secondary N) is 2. The van der Waals surface area contributed by atoms with Gasteiger partial charge in [-0.05, 0) is 38.3 Å². The van der Waals surface area contributed by atoms with Gasteiger partial charge in [0.25, 0.3) is 0 Å². The van der Waals surface area contributed by atoms with Crippen LogP contribution in [0.15, 0.2) is 18.3 Å². The highest BCUT2D eigenvalue weighted by atomic mass is 16.2. The zero-order valence-electron chi connectivity index (χ0n) is 12.1. The molecule has 7 heteroatoms. The molecule has 1 aliphatic heterocycles. The maximum atomic E-state index is 11.8. The smallest absolute Gasteiger partial charge is 0.312 e. The van der Waals surface area contributed by atoms with Crippen molar-refractivity contribution in [3.63, 3.8) is 0 Å². The van der Waals surface area contributed by atoms with Crippen LogP contribution in [0, 0.1) is 0 Å². The first kappa shape index (κ1) is 15.1. The van der Waals surface area contributed by atoms with E-state index in [-0.39, 0.29) is 5.91 Å². The lowest BCUT2D eigenvalue weighted by Gasteiger charge is -2.27. The summed E-state index contributed by atoms with van der Waals surface area (Å²) in [5.74, 6) is 0.595. The van der Waals surface area contributed by atoms with Crippen molar-refractivity contribution in [2.45, 2.75) is 32.2 Å². The van der Waals surface area contributed by atoms with Crippen molar-refractivity contribution in [3.8, 4) is 0 Å². The lowest BCUT2D eigenvalue weighted by atomic mass is 10.1. The normalized spacial score (nSPS) is 16.1. The van der Waals surface area contributed by atoms with Crippen LogP contribution in [-0.2, 0) is 4.79 Å². The molecular weight excluding hydrogens is 270 g/mol. The monoisotopic (exact) mass is 291 g/mol. The molecule has 7 nitrogen and oxygen atoms in total. The van der Waals surface area contributed by atoms with E-state index in [4.69, 9.17) is 5.73 Å². The molecular formula is C14H21N5O2. The van der Waals surface area contributed by atoms with Crippen LogP contribution >= 0.6 is 0 Å². The average Bonchev–Trinajstić information content (AvgIpc) is 2.48. The van der Waals surface area contributed by atoms with Crippen molar-refractivity contribution in [2.75, 3.05) is 23.3 Å². The molecule has 4 N–H and O–H groups in total. The first-order valence-corrected chi connectivity index (χ1v) is 7.14. The number of carbonyl (C=O) groups is 2. The number of primary amides is 1. The Morgan fingerprint density at radius 2 is 2.00 bits per heavy atom. The van der Waals surface area contributed by atoms with E-state index in [1.54, 1.807) is 13.1 Å². The molecule has 0 bridgehead atoms. The topological polar surface area (TPSA) is 100 Å². The third-order valence-electron chi connectivity index (χ3n) is 3.45. The van der Waals surface area contributed by atoms with E-state index in [9.17, 15) is 9.59 Å². The number of carbonyl (C=O) groups excluding carboxylic acids is 2. The zero-order valence-corrected chi connectivity index (χ0v) is 12.1. The number of urea groups is 1. The van der Waals surface area contributed by atoms with Gasteiger partial charge in [-0.1, -0.05) is 0 Å². The minimum atomic E-state index is -0.726. The fraction of sp³-hybridized carbons (Fsp3) is 0.500. The molecule has 0 saturated carbocycles. The van der Waals surface area contributed by atoms with E-state index in [1.165, 1.54) is 19.3 Å². The van der Waals surface area contributed by atoms with Crippen LogP contribution < -0.4 is 21.3 Å². The highest BCUT2D eigenvalue weighted by Gasteiger charge is 2.15. The van der Waals surface area contributed by atoms with Gasteiger partial charge in [0.2, 0.25) is 5.91 Å². The second-order valence-corrected chi connectivity index (χ2v) is 5.17. The third-order valence-corrected chi connectivity index (χ3v) is 3.45. The highest BCUT2D eigenvalue weighted by molar-refractivity contribution is 5.96. The number of pyridine rings is 1. The summed E-state index contributed by atoms with van der Waals surface area (Å²) in [5, 5.41) is 5.01. The fourth-order valence-corrected chi connectivity index (χ4v) is 2.30. The first-order chi connectivity index (χ1) is 10.1. The molecule has 21 heavy (non-hydrogen) atoms. The van der Waals surface area contributed by atoms with E-state index in [0.717, 1.165) is 18.9 Å². The number of nitrogens with zero attached hydrogens (tertiary/aromatic N) is 2. The largest absolute Gasteiger partial charge is 0.357 e. The van der Waals surface area contributed by atoms with Gasteiger partial charge in [-0.2, -0.15) is 0 Å². The lowest BCUT2D eigenvalue weighted by Crippen LogP contribution is -2.44. The van der Waals surface area contributed by atoms with Crippen molar-refractivity contribution in [2.24, 2.45) is 5.73 Å². The van der Waals surface area contributed by atoms with Crippen molar-refractivity contribution < 1.29 is 9.59 Å². The maximum Gasteiger partial charge on any atom is 0.312 e. The predicted octanol–water partition coefficient (Wildman–Crippen LogP) is 1.07. The van der Waals surface area contributed by atoms with Crippen LogP contribution in [0.5, 0.6) is 0 Å². The van der Waals surface area contributed by atoms with Crippen molar-refractivity contribution in [1.29, 1.82) is 0 Å². The van der Waals surface area contributed by atoms with E-state index in [2.05, 4.69) is 20.5 Å². The molecule has 1 aromatic heterocycles. The van der Waals surface area contributed by atoms with Gasteiger partial charge in [-0.15, -0.1) is 0 Å². The van der Waals surface area contributed by atoms with Crippen molar-refractivity contribution in [3.05, 3.63) is 18.3 Å². The van der Waals surface area contributed by atoms with E-state index >= 15 is 0 Å². The number of hydrogen-bond donors (Lipinski definition) is 3. The Bertz CT molecular complexity index is 497. The Labute approximate surface area is 123 Å². The fourth-order valence-electron chi connectivity index (χ4n) is 2.30. The number of rotatable bonds is 4. The molecule has 3 amide bonds. The van der Waals surface area contributed by atoms with Gasteiger partial charge >= 0.3 is 6.03 Å².